The first-order chi connectivity index (χ1) is 12.5. The number of thiazole rings is 1. The second kappa shape index (κ2) is 8.42. The number of nitrogens with one attached hydrogen (secondary N) is 1. The Labute approximate surface area is 157 Å². The van der Waals surface area contributed by atoms with Gasteiger partial charge >= 0.3 is 0 Å². The van der Waals surface area contributed by atoms with Crippen LogP contribution in [-0.2, 0) is 16.0 Å². The lowest BCUT2D eigenvalue weighted by atomic mass is 10.2. The second-order valence-electron chi connectivity index (χ2n) is 6.40. The van der Waals surface area contributed by atoms with Crippen LogP contribution in [0.1, 0.15) is 19.5 Å². The van der Waals surface area contributed by atoms with Crippen molar-refractivity contribution in [1.82, 2.24) is 14.8 Å². The minimum Gasteiger partial charge on any atom is -0.340 e. The number of aromatic nitrogens is 1. The molecule has 2 aromatic rings. The molecule has 1 aromatic heterocycles. The number of carbonyl (C=O) groups excluding carboxylic acids is 2. The van der Waals surface area contributed by atoms with Crippen molar-refractivity contribution in [2.45, 2.75) is 20.3 Å². The maximum absolute atomic E-state index is 12.5. The van der Waals surface area contributed by atoms with Gasteiger partial charge in [-0.2, -0.15) is 0 Å². The smallest absolute Gasteiger partial charge is 0.228 e. The molecular weight excluding hydrogens is 348 g/mol. The van der Waals surface area contributed by atoms with Crippen molar-refractivity contribution in [3.63, 3.8) is 0 Å². The summed E-state index contributed by atoms with van der Waals surface area (Å²) in [6.45, 7) is 8.15. The Hall–Kier alpha value is -2.25. The molecular formula is C19H24N4O2S. The van der Waals surface area contributed by atoms with Gasteiger partial charge in [0, 0.05) is 49.7 Å². The van der Waals surface area contributed by atoms with Gasteiger partial charge in [-0.25, -0.2) is 4.98 Å². The first-order valence-corrected chi connectivity index (χ1v) is 9.75. The minimum atomic E-state index is -0.101. The molecule has 0 aliphatic carbocycles. The van der Waals surface area contributed by atoms with Crippen LogP contribution in [0.4, 0.5) is 5.69 Å². The summed E-state index contributed by atoms with van der Waals surface area (Å²) in [6.07, 6.45) is 0.341. The summed E-state index contributed by atoms with van der Waals surface area (Å²) in [5.41, 5.74) is 2.49. The minimum absolute atomic E-state index is 0.101. The zero-order valence-corrected chi connectivity index (χ0v) is 16.0. The van der Waals surface area contributed by atoms with E-state index in [-0.39, 0.29) is 11.8 Å². The number of anilines is 1. The molecule has 7 heteroatoms. The third-order valence-corrected chi connectivity index (χ3v) is 5.43. The summed E-state index contributed by atoms with van der Waals surface area (Å²) in [6, 6.07) is 7.59. The van der Waals surface area contributed by atoms with E-state index in [4.69, 9.17) is 0 Å². The SMILES string of the molecule is CCN1CCN(C(=O)Cc2csc(-c3cccc(NC(C)=O)c3)n2)CC1. The third kappa shape index (κ3) is 4.68. The lowest BCUT2D eigenvalue weighted by Gasteiger charge is -2.34. The van der Waals surface area contributed by atoms with Crippen molar-refractivity contribution in [1.29, 1.82) is 0 Å². The first-order valence-electron chi connectivity index (χ1n) is 8.87. The van der Waals surface area contributed by atoms with E-state index < -0.39 is 0 Å². The molecule has 2 amide bonds. The molecule has 0 unspecified atom stereocenters. The number of hydrogen-bond donors (Lipinski definition) is 1. The topological polar surface area (TPSA) is 65.5 Å². The monoisotopic (exact) mass is 372 g/mol. The zero-order valence-electron chi connectivity index (χ0n) is 15.2. The number of benzene rings is 1. The molecule has 26 heavy (non-hydrogen) atoms. The Morgan fingerprint density at radius 2 is 2.00 bits per heavy atom. The highest BCUT2D eigenvalue weighted by Crippen LogP contribution is 2.26. The van der Waals surface area contributed by atoms with E-state index in [9.17, 15) is 9.59 Å². The number of piperazine rings is 1. The molecule has 6 nitrogen and oxygen atoms in total. The molecule has 1 saturated heterocycles. The van der Waals surface area contributed by atoms with Gasteiger partial charge in [0.05, 0.1) is 12.1 Å². The fourth-order valence-electron chi connectivity index (χ4n) is 3.03. The molecule has 1 aromatic carbocycles. The lowest BCUT2D eigenvalue weighted by Crippen LogP contribution is -2.48. The zero-order chi connectivity index (χ0) is 18.5. The molecule has 0 radical (unpaired) electrons. The Morgan fingerprint density at radius 1 is 1.23 bits per heavy atom. The van der Waals surface area contributed by atoms with Crippen LogP contribution in [0.15, 0.2) is 29.6 Å². The predicted octanol–water partition coefficient (Wildman–Crippen LogP) is 2.48. The van der Waals surface area contributed by atoms with Crippen LogP contribution in [0, 0.1) is 0 Å². The molecule has 138 valence electrons. The van der Waals surface area contributed by atoms with Crippen LogP contribution >= 0.6 is 11.3 Å². The molecule has 1 fully saturated rings. The summed E-state index contributed by atoms with van der Waals surface area (Å²) in [5, 5.41) is 5.58. The quantitative estimate of drug-likeness (QED) is 0.876. The molecule has 0 atom stereocenters. The van der Waals surface area contributed by atoms with Crippen LogP contribution < -0.4 is 5.32 Å². The Kier molecular flexibility index (Phi) is 6.00. The number of rotatable bonds is 5. The number of likely N-dealkylation sites (N-methyl/N-ethyl adjacent to an activating group) is 1. The fourth-order valence-corrected chi connectivity index (χ4v) is 3.85. The third-order valence-electron chi connectivity index (χ3n) is 4.49. The maximum atomic E-state index is 12.5. The molecule has 0 saturated carbocycles. The maximum Gasteiger partial charge on any atom is 0.228 e. The number of amides is 2. The van der Waals surface area contributed by atoms with Crippen LogP contribution in [-0.4, -0.2) is 59.3 Å². The molecule has 0 spiro atoms. The van der Waals surface area contributed by atoms with Gasteiger partial charge in [0.25, 0.3) is 0 Å². The number of carbonyl (C=O) groups is 2. The Bertz CT molecular complexity index is 781. The fraction of sp³-hybridized carbons (Fsp3) is 0.421. The van der Waals surface area contributed by atoms with Gasteiger partial charge < -0.3 is 15.1 Å². The van der Waals surface area contributed by atoms with Gasteiger partial charge in [0.1, 0.15) is 5.01 Å². The van der Waals surface area contributed by atoms with Crippen molar-refractivity contribution >= 4 is 28.8 Å². The number of nitrogens with zero attached hydrogens (tertiary/aromatic N) is 3. The van der Waals surface area contributed by atoms with Crippen molar-refractivity contribution in [3.8, 4) is 10.6 Å². The van der Waals surface area contributed by atoms with E-state index in [0.29, 0.717) is 6.42 Å². The van der Waals surface area contributed by atoms with Crippen LogP contribution in [0.5, 0.6) is 0 Å². The van der Waals surface area contributed by atoms with Gasteiger partial charge in [-0.3, -0.25) is 9.59 Å². The van der Waals surface area contributed by atoms with E-state index in [1.54, 1.807) is 0 Å². The van der Waals surface area contributed by atoms with E-state index in [2.05, 4.69) is 22.1 Å². The molecule has 1 N–H and O–H groups in total. The van der Waals surface area contributed by atoms with E-state index in [1.807, 2.05) is 34.5 Å². The van der Waals surface area contributed by atoms with E-state index in [1.165, 1.54) is 18.3 Å². The van der Waals surface area contributed by atoms with Gasteiger partial charge in [0.2, 0.25) is 11.8 Å². The highest BCUT2D eigenvalue weighted by molar-refractivity contribution is 7.13. The Morgan fingerprint density at radius 3 is 2.69 bits per heavy atom. The summed E-state index contributed by atoms with van der Waals surface area (Å²) in [5.74, 6) is 0.0420. The summed E-state index contributed by atoms with van der Waals surface area (Å²) in [7, 11) is 0. The highest BCUT2D eigenvalue weighted by atomic mass is 32.1. The normalized spacial score (nSPS) is 15.1. The van der Waals surface area contributed by atoms with Gasteiger partial charge in [0.15, 0.2) is 0 Å². The van der Waals surface area contributed by atoms with Gasteiger partial charge in [-0.15, -0.1) is 11.3 Å². The van der Waals surface area contributed by atoms with Crippen molar-refractivity contribution in [2.24, 2.45) is 0 Å². The van der Waals surface area contributed by atoms with Crippen molar-refractivity contribution in [3.05, 3.63) is 35.3 Å². The molecule has 3 rings (SSSR count). The largest absolute Gasteiger partial charge is 0.340 e. The number of hydrogen-bond acceptors (Lipinski definition) is 5. The van der Waals surface area contributed by atoms with Crippen molar-refractivity contribution in [2.75, 3.05) is 38.0 Å². The molecule has 1 aliphatic rings. The molecule has 2 heterocycles. The summed E-state index contributed by atoms with van der Waals surface area (Å²) >= 11 is 1.52. The van der Waals surface area contributed by atoms with Crippen LogP contribution in [0.2, 0.25) is 0 Å². The average molecular weight is 372 g/mol. The summed E-state index contributed by atoms with van der Waals surface area (Å²) < 4.78 is 0. The van der Waals surface area contributed by atoms with Crippen molar-refractivity contribution < 1.29 is 9.59 Å². The lowest BCUT2D eigenvalue weighted by molar-refractivity contribution is -0.132. The second-order valence-corrected chi connectivity index (χ2v) is 7.26. The van der Waals surface area contributed by atoms with Gasteiger partial charge in [-0.05, 0) is 18.7 Å². The Balaban J connectivity index is 1.63. The van der Waals surface area contributed by atoms with E-state index in [0.717, 1.165) is 54.7 Å². The van der Waals surface area contributed by atoms with Crippen LogP contribution in [0.25, 0.3) is 10.6 Å². The van der Waals surface area contributed by atoms with Crippen LogP contribution in [0.3, 0.4) is 0 Å². The predicted molar refractivity (Wildman–Crippen MR) is 104 cm³/mol. The highest BCUT2D eigenvalue weighted by Gasteiger charge is 2.21. The van der Waals surface area contributed by atoms with Gasteiger partial charge in [-0.1, -0.05) is 19.1 Å². The standard InChI is InChI=1S/C19H24N4O2S/c1-3-22-7-9-23(10-8-22)18(25)12-17-13-26-19(21-17)15-5-4-6-16(11-15)20-14(2)24/h4-6,11,13H,3,7-10,12H2,1-2H3,(H,20,24). The molecule has 0 bridgehead atoms. The first kappa shape index (κ1) is 18.5. The average Bonchev–Trinajstić information content (AvgIpc) is 3.10. The molecule has 1 aliphatic heterocycles. The summed E-state index contributed by atoms with van der Waals surface area (Å²) in [4.78, 5) is 32.6. The van der Waals surface area contributed by atoms with E-state index >= 15 is 0 Å².